The lowest BCUT2D eigenvalue weighted by molar-refractivity contribution is -0.142. The van der Waals surface area contributed by atoms with Gasteiger partial charge in [-0.2, -0.15) is 0 Å². The lowest BCUT2D eigenvalue weighted by atomic mass is 10.2. The summed E-state index contributed by atoms with van der Waals surface area (Å²) in [4.78, 5) is 20.2. The average Bonchev–Trinajstić information content (AvgIpc) is 3.28. The monoisotopic (exact) mass is 321 g/mol. The largest absolute Gasteiger partial charge is 0.475 e. The molecule has 0 spiro atoms. The van der Waals surface area contributed by atoms with Crippen LogP contribution in [0.1, 0.15) is 5.56 Å². The molecule has 1 aliphatic rings. The van der Waals surface area contributed by atoms with Crippen molar-refractivity contribution >= 4 is 22.9 Å². The quantitative estimate of drug-likeness (QED) is 0.695. The molecule has 24 heavy (non-hydrogen) atoms. The van der Waals surface area contributed by atoms with Crippen molar-refractivity contribution in [2.75, 3.05) is 13.7 Å². The second kappa shape index (κ2) is 5.81. The van der Waals surface area contributed by atoms with Crippen molar-refractivity contribution in [3.05, 3.63) is 60.4 Å². The van der Waals surface area contributed by atoms with Crippen LogP contribution in [0.15, 0.2) is 59.9 Å². The van der Waals surface area contributed by atoms with Gasteiger partial charge in [-0.1, -0.05) is 12.1 Å². The van der Waals surface area contributed by atoms with Gasteiger partial charge in [0, 0.05) is 11.3 Å². The normalized spacial score (nSPS) is 16.7. The average molecular weight is 321 g/mol. The summed E-state index contributed by atoms with van der Waals surface area (Å²) >= 11 is 0. The van der Waals surface area contributed by atoms with E-state index in [1.807, 2.05) is 53.1 Å². The number of para-hydroxylation sites is 2. The zero-order valence-electron chi connectivity index (χ0n) is 13.0. The van der Waals surface area contributed by atoms with Gasteiger partial charge in [-0.15, -0.1) is 0 Å². The maximum absolute atomic E-state index is 11.5. The molecule has 6 heteroatoms. The molecule has 6 nitrogen and oxygen atoms in total. The Kier molecular flexibility index (Phi) is 3.49. The number of ether oxygens (including phenoxy) is 2. The second-order valence-electron chi connectivity index (χ2n) is 5.43. The molecule has 0 N–H and O–H groups in total. The number of carbonyl (C=O) groups excluding carboxylic acids is 1. The first-order chi connectivity index (χ1) is 11.8. The number of benzene rings is 2. The van der Waals surface area contributed by atoms with Crippen molar-refractivity contribution in [3.8, 4) is 5.69 Å². The van der Waals surface area contributed by atoms with Crippen molar-refractivity contribution in [3.63, 3.8) is 0 Å². The lowest BCUT2D eigenvalue weighted by Gasteiger charge is -2.06. The maximum Gasteiger partial charge on any atom is 0.334 e. The maximum atomic E-state index is 11.5. The number of aromatic nitrogens is 2. The minimum atomic E-state index is -0.581. The smallest absolute Gasteiger partial charge is 0.334 e. The first kappa shape index (κ1) is 14.4. The number of rotatable bonds is 3. The Balaban J connectivity index is 1.63. The van der Waals surface area contributed by atoms with Crippen LogP contribution in [0, 0.1) is 0 Å². The summed E-state index contributed by atoms with van der Waals surface area (Å²) < 4.78 is 12.2. The van der Waals surface area contributed by atoms with Gasteiger partial charge >= 0.3 is 5.97 Å². The molecule has 0 aliphatic carbocycles. The fourth-order valence-electron chi connectivity index (χ4n) is 2.72. The highest BCUT2D eigenvalue weighted by atomic mass is 16.5. The van der Waals surface area contributed by atoms with Gasteiger partial charge in [0.25, 0.3) is 0 Å². The molecule has 120 valence electrons. The van der Waals surface area contributed by atoms with E-state index in [0.717, 1.165) is 22.3 Å². The van der Waals surface area contributed by atoms with E-state index in [0.29, 0.717) is 5.90 Å². The fourth-order valence-corrected chi connectivity index (χ4v) is 2.72. The SMILES string of the molecule is COC(=O)C1COC(c2ccc(-n3cnc4ccccc43)cc2)=N1. The Hall–Kier alpha value is -3.15. The molecule has 0 saturated carbocycles. The Morgan fingerprint density at radius 1 is 1.21 bits per heavy atom. The van der Waals surface area contributed by atoms with Gasteiger partial charge in [0.05, 0.1) is 18.1 Å². The number of methoxy groups -OCH3 is 1. The lowest BCUT2D eigenvalue weighted by Crippen LogP contribution is -2.21. The van der Waals surface area contributed by atoms with E-state index in [1.165, 1.54) is 7.11 Å². The van der Waals surface area contributed by atoms with Crippen LogP contribution in [0.4, 0.5) is 0 Å². The summed E-state index contributed by atoms with van der Waals surface area (Å²) in [5.74, 6) is 0.0824. The summed E-state index contributed by atoms with van der Waals surface area (Å²) in [5, 5.41) is 0. The van der Waals surface area contributed by atoms with E-state index in [4.69, 9.17) is 9.47 Å². The molecule has 0 bridgehead atoms. The van der Waals surface area contributed by atoms with Crippen LogP contribution in [0.5, 0.6) is 0 Å². The van der Waals surface area contributed by atoms with E-state index in [2.05, 4.69) is 9.98 Å². The number of nitrogens with zero attached hydrogens (tertiary/aromatic N) is 3. The van der Waals surface area contributed by atoms with Crippen molar-refractivity contribution < 1.29 is 14.3 Å². The molecule has 3 aromatic rings. The molecular weight excluding hydrogens is 306 g/mol. The van der Waals surface area contributed by atoms with Crippen molar-refractivity contribution in [1.82, 2.24) is 9.55 Å². The number of hydrogen-bond acceptors (Lipinski definition) is 5. The van der Waals surface area contributed by atoms with Crippen LogP contribution < -0.4 is 0 Å². The van der Waals surface area contributed by atoms with Gasteiger partial charge in [0.2, 0.25) is 5.90 Å². The van der Waals surface area contributed by atoms with E-state index in [1.54, 1.807) is 6.33 Å². The van der Waals surface area contributed by atoms with Gasteiger partial charge < -0.3 is 9.47 Å². The molecule has 0 fully saturated rings. The van der Waals surface area contributed by atoms with Crippen molar-refractivity contribution in [2.45, 2.75) is 6.04 Å². The second-order valence-corrected chi connectivity index (χ2v) is 5.43. The molecule has 0 radical (unpaired) electrons. The fraction of sp³-hybridized carbons (Fsp3) is 0.167. The Morgan fingerprint density at radius 3 is 2.79 bits per heavy atom. The molecule has 0 saturated heterocycles. The number of hydrogen-bond donors (Lipinski definition) is 0. The van der Waals surface area contributed by atoms with Crippen LogP contribution in [-0.4, -0.2) is 41.2 Å². The number of fused-ring (bicyclic) bond motifs is 1. The predicted molar refractivity (Wildman–Crippen MR) is 89.4 cm³/mol. The summed E-state index contributed by atoms with van der Waals surface area (Å²) in [7, 11) is 1.35. The Labute approximate surface area is 138 Å². The molecule has 1 aromatic heterocycles. The Bertz CT molecular complexity index is 928. The van der Waals surface area contributed by atoms with Crippen LogP contribution >= 0.6 is 0 Å². The van der Waals surface area contributed by atoms with Crippen LogP contribution in [-0.2, 0) is 14.3 Å². The number of carbonyl (C=O) groups is 1. The third-order valence-electron chi connectivity index (χ3n) is 3.97. The summed E-state index contributed by atoms with van der Waals surface area (Å²) in [6.07, 6.45) is 1.80. The minimum Gasteiger partial charge on any atom is -0.475 e. The van der Waals surface area contributed by atoms with Gasteiger partial charge in [0.15, 0.2) is 6.04 Å². The van der Waals surface area contributed by atoms with Gasteiger partial charge in [-0.3, -0.25) is 4.57 Å². The molecule has 1 unspecified atom stereocenters. The molecule has 4 rings (SSSR count). The molecule has 1 atom stereocenters. The van der Waals surface area contributed by atoms with Gasteiger partial charge in [-0.25, -0.2) is 14.8 Å². The third-order valence-corrected chi connectivity index (χ3v) is 3.97. The van der Waals surface area contributed by atoms with E-state index in [-0.39, 0.29) is 12.6 Å². The van der Waals surface area contributed by atoms with Crippen molar-refractivity contribution in [2.24, 2.45) is 4.99 Å². The highest BCUT2D eigenvalue weighted by Gasteiger charge is 2.27. The Morgan fingerprint density at radius 2 is 2.00 bits per heavy atom. The first-order valence-electron chi connectivity index (χ1n) is 7.57. The number of aliphatic imine (C=N–C) groups is 1. The standard InChI is InChI=1S/C18H15N3O3/c1-23-18(22)15-10-24-17(20-15)12-6-8-13(9-7-12)21-11-19-14-4-2-3-5-16(14)21/h2-9,11,15H,10H2,1H3. The van der Waals surface area contributed by atoms with Crippen LogP contribution in [0.2, 0.25) is 0 Å². The highest BCUT2D eigenvalue weighted by Crippen LogP contribution is 2.20. The third kappa shape index (κ3) is 2.42. The van der Waals surface area contributed by atoms with Crippen LogP contribution in [0.3, 0.4) is 0 Å². The van der Waals surface area contributed by atoms with Gasteiger partial charge in [0.1, 0.15) is 12.9 Å². The predicted octanol–water partition coefficient (Wildman–Crippen LogP) is 2.34. The molecular formula is C18H15N3O3. The molecule has 1 aliphatic heterocycles. The summed E-state index contributed by atoms with van der Waals surface area (Å²) in [6, 6.07) is 15.2. The molecule has 2 aromatic carbocycles. The first-order valence-corrected chi connectivity index (χ1v) is 7.57. The highest BCUT2D eigenvalue weighted by molar-refractivity contribution is 5.97. The van der Waals surface area contributed by atoms with Crippen molar-refractivity contribution in [1.29, 1.82) is 0 Å². The van der Waals surface area contributed by atoms with Crippen LogP contribution in [0.25, 0.3) is 16.7 Å². The number of esters is 1. The van der Waals surface area contributed by atoms with E-state index in [9.17, 15) is 4.79 Å². The zero-order valence-corrected chi connectivity index (χ0v) is 13.0. The number of imidazole rings is 1. The summed E-state index contributed by atoms with van der Waals surface area (Å²) in [6.45, 7) is 0.218. The summed E-state index contributed by atoms with van der Waals surface area (Å²) in [5.41, 5.74) is 3.82. The molecule has 2 heterocycles. The topological polar surface area (TPSA) is 65.7 Å². The van der Waals surface area contributed by atoms with E-state index < -0.39 is 6.04 Å². The zero-order chi connectivity index (χ0) is 16.5. The molecule has 0 amide bonds. The van der Waals surface area contributed by atoms with Gasteiger partial charge in [-0.05, 0) is 36.4 Å². The van der Waals surface area contributed by atoms with E-state index >= 15 is 0 Å². The minimum absolute atomic E-state index is 0.218.